The number of carboxylic acid groups (broad SMARTS) is 1. The molecule has 0 saturated heterocycles. The molecule has 0 aliphatic rings. The van der Waals surface area contributed by atoms with Gasteiger partial charge in [0.15, 0.2) is 0 Å². The van der Waals surface area contributed by atoms with E-state index in [1.165, 1.54) is 24.3 Å². The van der Waals surface area contributed by atoms with Gasteiger partial charge in [-0.05, 0) is 30.3 Å². The van der Waals surface area contributed by atoms with Crippen molar-refractivity contribution >= 4 is 61.7 Å². The van der Waals surface area contributed by atoms with E-state index in [4.69, 9.17) is 9.29 Å². The number of hydrogen-bond acceptors (Lipinski definition) is 4. The van der Waals surface area contributed by atoms with E-state index in [1.807, 2.05) is 30.3 Å². The Morgan fingerprint density at radius 1 is 0.950 bits per heavy atom. The van der Waals surface area contributed by atoms with E-state index >= 15 is 0 Å². The molecular formula is C14H12CaO4S. The van der Waals surface area contributed by atoms with Gasteiger partial charge in [0.2, 0.25) is 0 Å². The summed E-state index contributed by atoms with van der Waals surface area (Å²) in [5.74, 6) is -1.65. The van der Waals surface area contributed by atoms with Gasteiger partial charge in [-0.1, -0.05) is 24.3 Å². The van der Waals surface area contributed by atoms with Gasteiger partial charge in [-0.25, -0.2) is 9.59 Å². The molecule has 0 amide bonds. The standard InChI is InChI=1S/C14H10O4S.Ca.2H/c15-13(16)10-5-4-6-11(9-10)14(17)18-19-12-7-2-1-3-8-12;;;/h1-9H,(H,15,16);;;. The van der Waals surface area contributed by atoms with Crippen LogP contribution in [-0.2, 0) is 4.18 Å². The van der Waals surface area contributed by atoms with Crippen LogP contribution < -0.4 is 0 Å². The summed E-state index contributed by atoms with van der Waals surface area (Å²) in [5, 5.41) is 8.84. The second kappa shape index (κ2) is 8.32. The van der Waals surface area contributed by atoms with Crippen molar-refractivity contribution in [3.05, 3.63) is 65.7 Å². The van der Waals surface area contributed by atoms with Gasteiger partial charge in [0.25, 0.3) is 0 Å². The number of benzene rings is 2. The van der Waals surface area contributed by atoms with E-state index in [2.05, 4.69) is 0 Å². The molecule has 0 unspecified atom stereocenters. The molecule has 0 saturated carbocycles. The van der Waals surface area contributed by atoms with Crippen LogP contribution in [0.25, 0.3) is 0 Å². The van der Waals surface area contributed by atoms with E-state index in [-0.39, 0.29) is 48.9 Å². The fourth-order valence-corrected chi connectivity index (χ4v) is 1.93. The number of carbonyl (C=O) groups excluding carboxylic acids is 1. The van der Waals surface area contributed by atoms with Gasteiger partial charge in [-0.3, -0.25) is 0 Å². The van der Waals surface area contributed by atoms with Gasteiger partial charge >= 0.3 is 49.7 Å². The van der Waals surface area contributed by atoms with Crippen molar-refractivity contribution in [2.45, 2.75) is 4.90 Å². The molecule has 1 N–H and O–H groups in total. The molecule has 0 atom stereocenters. The maximum absolute atomic E-state index is 11.8. The number of carboxylic acids is 1. The van der Waals surface area contributed by atoms with Crippen LogP contribution in [0.4, 0.5) is 0 Å². The molecule has 0 aliphatic carbocycles. The topological polar surface area (TPSA) is 63.6 Å². The molecule has 0 aromatic heterocycles. The van der Waals surface area contributed by atoms with Crippen molar-refractivity contribution in [1.29, 1.82) is 0 Å². The summed E-state index contributed by atoms with van der Waals surface area (Å²) in [6, 6.07) is 14.9. The van der Waals surface area contributed by atoms with Gasteiger partial charge in [0.05, 0.1) is 23.2 Å². The SMILES string of the molecule is O=C(O)c1cccc(C(=O)OSc2ccccc2)c1.[CaH2]. The molecule has 20 heavy (non-hydrogen) atoms. The minimum absolute atomic E-state index is 0. The normalized spacial score (nSPS) is 9.40. The van der Waals surface area contributed by atoms with Gasteiger partial charge in [0, 0.05) is 4.90 Å². The first-order valence-corrected chi connectivity index (χ1v) is 6.18. The van der Waals surface area contributed by atoms with Crippen molar-refractivity contribution in [1.82, 2.24) is 0 Å². The van der Waals surface area contributed by atoms with Crippen LogP contribution >= 0.6 is 12.0 Å². The summed E-state index contributed by atoms with van der Waals surface area (Å²) in [7, 11) is 0. The Kier molecular flexibility index (Phi) is 7.09. The second-order valence-electron chi connectivity index (χ2n) is 3.65. The second-order valence-corrected chi connectivity index (χ2v) is 4.46. The fourth-order valence-electron chi connectivity index (χ4n) is 1.39. The van der Waals surface area contributed by atoms with Gasteiger partial charge < -0.3 is 9.29 Å². The molecule has 2 rings (SSSR count). The summed E-state index contributed by atoms with van der Waals surface area (Å²) in [6.45, 7) is 0. The van der Waals surface area contributed by atoms with Crippen LogP contribution in [0, 0.1) is 0 Å². The predicted octanol–water partition coefficient (Wildman–Crippen LogP) is 2.33. The van der Waals surface area contributed by atoms with E-state index in [9.17, 15) is 9.59 Å². The Bertz CT molecular complexity index is 601. The predicted molar refractivity (Wildman–Crippen MR) is 79.7 cm³/mol. The minimum atomic E-state index is -1.08. The van der Waals surface area contributed by atoms with Crippen LogP contribution in [0.2, 0.25) is 0 Å². The van der Waals surface area contributed by atoms with Crippen LogP contribution in [0.3, 0.4) is 0 Å². The number of carbonyl (C=O) groups is 2. The van der Waals surface area contributed by atoms with E-state index in [1.54, 1.807) is 0 Å². The van der Waals surface area contributed by atoms with Crippen molar-refractivity contribution < 1.29 is 18.9 Å². The molecule has 2 aromatic rings. The van der Waals surface area contributed by atoms with Crippen molar-refractivity contribution in [2.24, 2.45) is 0 Å². The third-order valence-corrected chi connectivity index (χ3v) is 3.00. The third kappa shape index (κ3) is 4.83. The zero-order valence-corrected chi connectivity index (χ0v) is 10.6. The monoisotopic (exact) mass is 316 g/mol. The Hall–Kier alpha value is -1.01. The third-order valence-electron chi connectivity index (χ3n) is 2.30. The Morgan fingerprint density at radius 2 is 1.60 bits per heavy atom. The van der Waals surface area contributed by atoms with Crippen LogP contribution in [0.5, 0.6) is 0 Å². The van der Waals surface area contributed by atoms with Crippen LogP contribution in [-0.4, -0.2) is 54.8 Å². The molecule has 100 valence electrons. The Labute approximate surface area is 150 Å². The van der Waals surface area contributed by atoms with Crippen LogP contribution in [0.15, 0.2) is 59.5 Å². The summed E-state index contributed by atoms with van der Waals surface area (Å²) >= 11 is 0.941. The molecule has 0 bridgehead atoms. The summed E-state index contributed by atoms with van der Waals surface area (Å²) in [5.41, 5.74) is 0.266. The molecular weight excluding hydrogens is 304 g/mol. The van der Waals surface area contributed by atoms with Gasteiger partial charge in [-0.2, -0.15) is 0 Å². The molecule has 6 heteroatoms. The van der Waals surface area contributed by atoms with Crippen molar-refractivity contribution in [3.8, 4) is 0 Å². The Morgan fingerprint density at radius 3 is 2.25 bits per heavy atom. The number of hydrogen-bond donors (Lipinski definition) is 1. The molecule has 4 nitrogen and oxygen atoms in total. The first-order chi connectivity index (χ1) is 9.16. The Balaban J connectivity index is 0.00000200. The van der Waals surface area contributed by atoms with Crippen molar-refractivity contribution in [2.75, 3.05) is 0 Å². The molecule has 0 aliphatic heterocycles. The van der Waals surface area contributed by atoms with E-state index in [0.717, 1.165) is 16.9 Å². The average molecular weight is 316 g/mol. The zero-order chi connectivity index (χ0) is 13.7. The summed E-state index contributed by atoms with van der Waals surface area (Å²) in [6.07, 6.45) is 0. The quantitative estimate of drug-likeness (QED) is 0.693. The van der Waals surface area contributed by atoms with Gasteiger partial charge in [0.1, 0.15) is 0 Å². The molecule has 0 fully saturated rings. The number of aromatic carboxylic acids is 1. The van der Waals surface area contributed by atoms with Crippen molar-refractivity contribution in [3.63, 3.8) is 0 Å². The summed E-state index contributed by atoms with van der Waals surface area (Å²) in [4.78, 5) is 23.4. The fraction of sp³-hybridized carbons (Fsp3) is 0. The maximum atomic E-state index is 11.8. The molecule has 2 aromatic carbocycles. The van der Waals surface area contributed by atoms with E-state index < -0.39 is 11.9 Å². The first-order valence-electron chi connectivity index (χ1n) is 5.44. The zero-order valence-electron chi connectivity index (χ0n) is 9.78. The van der Waals surface area contributed by atoms with Gasteiger partial charge in [-0.15, -0.1) is 0 Å². The van der Waals surface area contributed by atoms with Crippen LogP contribution in [0.1, 0.15) is 20.7 Å². The molecule has 0 heterocycles. The average Bonchev–Trinajstić information content (AvgIpc) is 2.46. The van der Waals surface area contributed by atoms with E-state index in [0.29, 0.717) is 0 Å². The molecule has 0 spiro atoms. The first kappa shape index (κ1) is 17.0. The number of rotatable bonds is 4. The summed E-state index contributed by atoms with van der Waals surface area (Å²) < 4.78 is 5.03. The molecule has 0 radical (unpaired) electrons.